The number of aryl methyl sites for hydroxylation is 3. The van der Waals surface area contributed by atoms with E-state index in [0.717, 1.165) is 5.69 Å². The molecule has 0 saturated carbocycles. The fourth-order valence-corrected chi connectivity index (χ4v) is 3.25. The third-order valence-corrected chi connectivity index (χ3v) is 4.02. The molecule has 0 aliphatic carbocycles. The van der Waals surface area contributed by atoms with Gasteiger partial charge in [0.25, 0.3) is 0 Å². The van der Waals surface area contributed by atoms with E-state index in [0.29, 0.717) is 10.0 Å². The van der Waals surface area contributed by atoms with Crippen LogP contribution in [0.3, 0.4) is 0 Å². The minimum atomic E-state index is 0.189. The van der Waals surface area contributed by atoms with Crippen molar-refractivity contribution in [2.24, 2.45) is 0 Å². The van der Waals surface area contributed by atoms with Crippen LogP contribution in [-0.2, 0) is 0 Å². The van der Waals surface area contributed by atoms with Crippen LogP contribution in [0.4, 0.5) is 5.69 Å². The first-order valence-corrected chi connectivity index (χ1v) is 7.43. The lowest BCUT2D eigenvalue weighted by Gasteiger charge is -2.21. The van der Waals surface area contributed by atoms with Gasteiger partial charge in [-0.25, -0.2) is 0 Å². The lowest BCUT2D eigenvalue weighted by Crippen LogP contribution is -2.10. The highest BCUT2D eigenvalue weighted by molar-refractivity contribution is 6.36. The standard InChI is InChI=1S/C17H19Cl2N/c1-10-7-11(2)17(12(3)8-10)13(4)20-16-6-5-14(18)9-15(16)19/h5-9,13,20H,1-4H3. The second-order valence-electron chi connectivity index (χ2n) is 5.30. The molecule has 20 heavy (non-hydrogen) atoms. The molecular formula is C17H19Cl2N. The number of nitrogens with one attached hydrogen (secondary N) is 1. The maximum atomic E-state index is 6.22. The van der Waals surface area contributed by atoms with Crippen molar-refractivity contribution in [1.82, 2.24) is 0 Å². The van der Waals surface area contributed by atoms with Gasteiger partial charge < -0.3 is 5.32 Å². The molecule has 0 aliphatic heterocycles. The maximum absolute atomic E-state index is 6.22. The highest BCUT2D eigenvalue weighted by atomic mass is 35.5. The van der Waals surface area contributed by atoms with Gasteiger partial charge in [0, 0.05) is 11.1 Å². The van der Waals surface area contributed by atoms with Crippen LogP contribution in [-0.4, -0.2) is 0 Å². The zero-order valence-corrected chi connectivity index (χ0v) is 13.7. The van der Waals surface area contributed by atoms with Gasteiger partial charge in [-0.3, -0.25) is 0 Å². The smallest absolute Gasteiger partial charge is 0.0652 e. The van der Waals surface area contributed by atoms with Crippen molar-refractivity contribution in [1.29, 1.82) is 0 Å². The Morgan fingerprint density at radius 3 is 2.10 bits per heavy atom. The quantitative estimate of drug-likeness (QED) is 0.723. The Balaban J connectivity index is 2.31. The Morgan fingerprint density at radius 2 is 1.55 bits per heavy atom. The predicted octanol–water partition coefficient (Wildman–Crippen LogP) is 6.09. The van der Waals surface area contributed by atoms with Gasteiger partial charge in [0.15, 0.2) is 0 Å². The van der Waals surface area contributed by atoms with Gasteiger partial charge in [-0.05, 0) is 62.6 Å². The molecule has 0 amide bonds. The number of anilines is 1. The lowest BCUT2D eigenvalue weighted by atomic mass is 9.95. The van der Waals surface area contributed by atoms with Gasteiger partial charge in [0.05, 0.1) is 10.7 Å². The minimum Gasteiger partial charge on any atom is -0.377 e. The molecule has 0 aliphatic rings. The van der Waals surface area contributed by atoms with Crippen LogP contribution in [0.25, 0.3) is 0 Å². The fourth-order valence-electron chi connectivity index (χ4n) is 2.79. The van der Waals surface area contributed by atoms with Crippen LogP contribution in [0, 0.1) is 20.8 Å². The van der Waals surface area contributed by atoms with Gasteiger partial charge in [0.1, 0.15) is 0 Å². The van der Waals surface area contributed by atoms with Crippen LogP contribution < -0.4 is 5.32 Å². The third kappa shape index (κ3) is 3.28. The number of hydrogen-bond acceptors (Lipinski definition) is 1. The molecule has 0 radical (unpaired) electrons. The fraction of sp³-hybridized carbons (Fsp3) is 0.294. The molecule has 1 nitrogen and oxygen atoms in total. The molecule has 1 atom stereocenters. The third-order valence-electron chi connectivity index (χ3n) is 3.47. The largest absolute Gasteiger partial charge is 0.377 e. The van der Waals surface area contributed by atoms with E-state index >= 15 is 0 Å². The molecule has 2 rings (SSSR count). The summed E-state index contributed by atoms with van der Waals surface area (Å²) in [7, 11) is 0. The Hall–Kier alpha value is -1.18. The topological polar surface area (TPSA) is 12.0 Å². The lowest BCUT2D eigenvalue weighted by molar-refractivity contribution is 0.862. The van der Waals surface area contributed by atoms with Crippen molar-refractivity contribution in [3.8, 4) is 0 Å². The van der Waals surface area contributed by atoms with E-state index in [4.69, 9.17) is 23.2 Å². The van der Waals surface area contributed by atoms with Crippen LogP contribution >= 0.6 is 23.2 Å². The molecule has 0 bridgehead atoms. The Morgan fingerprint density at radius 1 is 0.950 bits per heavy atom. The minimum absolute atomic E-state index is 0.189. The summed E-state index contributed by atoms with van der Waals surface area (Å²) in [5.41, 5.74) is 6.12. The summed E-state index contributed by atoms with van der Waals surface area (Å²) in [4.78, 5) is 0. The summed E-state index contributed by atoms with van der Waals surface area (Å²) in [6.07, 6.45) is 0. The number of benzene rings is 2. The molecule has 1 unspecified atom stereocenters. The van der Waals surface area contributed by atoms with Crippen molar-refractivity contribution in [3.05, 3.63) is 62.6 Å². The van der Waals surface area contributed by atoms with Crippen LogP contribution in [0.1, 0.15) is 35.2 Å². The van der Waals surface area contributed by atoms with Crippen LogP contribution in [0.2, 0.25) is 10.0 Å². The van der Waals surface area contributed by atoms with Crippen molar-refractivity contribution in [2.45, 2.75) is 33.7 Å². The van der Waals surface area contributed by atoms with Crippen molar-refractivity contribution >= 4 is 28.9 Å². The predicted molar refractivity (Wildman–Crippen MR) is 89.2 cm³/mol. The zero-order valence-electron chi connectivity index (χ0n) is 12.2. The molecule has 0 spiro atoms. The number of halogens is 2. The van der Waals surface area contributed by atoms with E-state index in [1.807, 2.05) is 12.1 Å². The van der Waals surface area contributed by atoms with E-state index in [-0.39, 0.29) is 6.04 Å². The molecule has 0 saturated heterocycles. The summed E-state index contributed by atoms with van der Waals surface area (Å²) < 4.78 is 0. The molecule has 2 aromatic carbocycles. The molecular weight excluding hydrogens is 289 g/mol. The van der Waals surface area contributed by atoms with Crippen LogP contribution in [0.15, 0.2) is 30.3 Å². The first-order valence-electron chi connectivity index (χ1n) is 6.68. The summed E-state index contributed by atoms with van der Waals surface area (Å²) >= 11 is 12.1. The normalized spacial score (nSPS) is 12.3. The van der Waals surface area contributed by atoms with E-state index in [2.05, 4.69) is 45.1 Å². The summed E-state index contributed by atoms with van der Waals surface area (Å²) in [6.45, 7) is 8.57. The molecule has 0 fully saturated rings. The SMILES string of the molecule is Cc1cc(C)c(C(C)Nc2ccc(Cl)cc2Cl)c(C)c1. The van der Waals surface area contributed by atoms with Crippen molar-refractivity contribution in [3.63, 3.8) is 0 Å². The first-order chi connectivity index (χ1) is 9.38. The molecule has 106 valence electrons. The monoisotopic (exact) mass is 307 g/mol. The maximum Gasteiger partial charge on any atom is 0.0652 e. The van der Waals surface area contributed by atoms with Gasteiger partial charge in [0.2, 0.25) is 0 Å². The number of hydrogen-bond donors (Lipinski definition) is 1. The molecule has 1 N–H and O–H groups in total. The Kier molecular flexibility index (Phi) is 4.62. The average molecular weight is 308 g/mol. The van der Waals surface area contributed by atoms with Crippen LogP contribution in [0.5, 0.6) is 0 Å². The highest BCUT2D eigenvalue weighted by Crippen LogP contribution is 2.31. The zero-order chi connectivity index (χ0) is 14.9. The second kappa shape index (κ2) is 6.07. The van der Waals surface area contributed by atoms with Gasteiger partial charge in [-0.2, -0.15) is 0 Å². The second-order valence-corrected chi connectivity index (χ2v) is 6.15. The molecule has 0 heterocycles. The van der Waals surface area contributed by atoms with Gasteiger partial charge in [-0.1, -0.05) is 40.9 Å². The van der Waals surface area contributed by atoms with E-state index < -0.39 is 0 Å². The Bertz CT molecular complexity index is 612. The number of rotatable bonds is 3. The van der Waals surface area contributed by atoms with E-state index in [1.54, 1.807) is 6.07 Å². The van der Waals surface area contributed by atoms with Crippen molar-refractivity contribution in [2.75, 3.05) is 5.32 Å². The Labute approximate surface area is 130 Å². The van der Waals surface area contributed by atoms with E-state index in [9.17, 15) is 0 Å². The van der Waals surface area contributed by atoms with Gasteiger partial charge >= 0.3 is 0 Å². The highest BCUT2D eigenvalue weighted by Gasteiger charge is 2.13. The van der Waals surface area contributed by atoms with Crippen molar-refractivity contribution < 1.29 is 0 Å². The van der Waals surface area contributed by atoms with E-state index in [1.165, 1.54) is 22.3 Å². The molecule has 3 heteroatoms. The average Bonchev–Trinajstić information content (AvgIpc) is 2.31. The summed E-state index contributed by atoms with van der Waals surface area (Å²) in [6, 6.07) is 10.1. The van der Waals surface area contributed by atoms with Gasteiger partial charge in [-0.15, -0.1) is 0 Å². The molecule has 2 aromatic rings. The molecule has 0 aromatic heterocycles. The summed E-state index contributed by atoms with van der Waals surface area (Å²) in [5, 5.41) is 4.76. The summed E-state index contributed by atoms with van der Waals surface area (Å²) in [5.74, 6) is 0. The first kappa shape index (κ1) is 15.2.